The van der Waals surface area contributed by atoms with Crippen LogP contribution in [0.15, 0.2) is 36.5 Å². The number of nitrogens with zero attached hydrogens (tertiary/aromatic N) is 5. The summed E-state index contributed by atoms with van der Waals surface area (Å²) in [6.07, 6.45) is 1.69. The van der Waals surface area contributed by atoms with Crippen molar-refractivity contribution < 1.29 is 14.3 Å². The number of carbonyl (C=O) groups excluding carboxylic acids is 1. The molecule has 164 valence electrons. The second-order valence-electron chi connectivity index (χ2n) is 7.82. The first-order valence-electron chi connectivity index (χ1n) is 10.5. The van der Waals surface area contributed by atoms with Crippen LogP contribution in [0.4, 0.5) is 5.82 Å². The molecule has 2 N–H and O–H groups in total. The Morgan fingerprint density at radius 3 is 2.94 bits per heavy atom. The summed E-state index contributed by atoms with van der Waals surface area (Å²) in [6.45, 7) is 3.26. The topological polar surface area (TPSA) is 108 Å². The average Bonchev–Trinajstić information content (AvgIpc) is 3.20. The van der Waals surface area contributed by atoms with Crippen LogP contribution in [-0.4, -0.2) is 50.8 Å². The second-order valence-corrected chi connectivity index (χ2v) is 7.82. The third-order valence-electron chi connectivity index (χ3n) is 5.89. The van der Waals surface area contributed by atoms with Crippen molar-refractivity contribution in [1.82, 2.24) is 24.6 Å². The average molecular weight is 432 g/mol. The van der Waals surface area contributed by atoms with Crippen molar-refractivity contribution in [3.05, 3.63) is 53.3 Å². The zero-order valence-corrected chi connectivity index (χ0v) is 18.2. The van der Waals surface area contributed by atoms with Gasteiger partial charge in [-0.1, -0.05) is 0 Å². The van der Waals surface area contributed by atoms with Crippen molar-refractivity contribution in [2.45, 2.75) is 19.6 Å². The maximum Gasteiger partial charge on any atom is 0.254 e. The Balaban J connectivity index is 1.51. The van der Waals surface area contributed by atoms with E-state index in [4.69, 9.17) is 15.2 Å². The smallest absolute Gasteiger partial charge is 0.254 e. The molecule has 1 amide bonds. The predicted octanol–water partition coefficient (Wildman–Crippen LogP) is 2.84. The van der Waals surface area contributed by atoms with Crippen LogP contribution in [0, 0.1) is 0 Å². The summed E-state index contributed by atoms with van der Waals surface area (Å²) in [5.41, 5.74) is 9.98. The zero-order valence-electron chi connectivity index (χ0n) is 18.2. The van der Waals surface area contributed by atoms with Crippen LogP contribution in [0.5, 0.6) is 5.88 Å². The van der Waals surface area contributed by atoms with Gasteiger partial charge in [-0.15, -0.1) is 0 Å². The molecule has 4 aromatic rings. The first-order chi connectivity index (χ1) is 15.5. The largest absolute Gasteiger partial charge is 0.478 e. The van der Waals surface area contributed by atoms with Crippen LogP contribution in [0.3, 0.4) is 0 Å². The van der Waals surface area contributed by atoms with E-state index in [1.807, 2.05) is 38.2 Å². The Morgan fingerprint density at radius 1 is 1.28 bits per heavy atom. The lowest BCUT2D eigenvalue weighted by Gasteiger charge is -2.32. The summed E-state index contributed by atoms with van der Waals surface area (Å²) in [5, 5.41) is 5.90. The van der Waals surface area contributed by atoms with E-state index < -0.39 is 0 Å². The number of benzene rings is 1. The number of fused-ring (bicyclic) bond motifs is 4. The molecule has 0 aliphatic carbocycles. The number of aromatic nitrogens is 4. The van der Waals surface area contributed by atoms with Gasteiger partial charge in [0.2, 0.25) is 5.88 Å². The van der Waals surface area contributed by atoms with E-state index >= 15 is 0 Å². The van der Waals surface area contributed by atoms with E-state index in [2.05, 4.69) is 15.1 Å². The number of nitrogen functional groups attached to an aromatic ring is 1. The number of carbonyl (C=O) groups is 1. The molecule has 0 radical (unpaired) electrons. The van der Waals surface area contributed by atoms with Gasteiger partial charge in [-0.05, 0) is 31.2 Å². The van der Waals surface area contributed by atoms with Crippen LogP contribution in [-0.2, 0) is 18.4 Å². The maximum absolute atomic E-state index is 13.5. The van der Waals surface area contributed by atoms with Gasteiger partial charge in [0.15, 0.2) is 0 Å². The number of hydrogen-bond donors (Lipinski definition) is 1. The van der Waals surface area contributed by atoms with Crippen LogP contribution < -0.4 is 10.5 Å². The highest BCUT2D eigenvalue weighted by Crippen LogP contribution is 2.32. The molecule has 4 heterocycles. The third-order valence-corrected chi connectivity index (χ3v) is 5.89. The number of likely N-dealkylation sites (N-methyl/N-ethyl adjacent to an activating group) is 1. The summed E-state index contributed by atoms with van der Waals surface area (Å²) >= 11 is 0. The van der Waals surface area contributed by atoms with Gasteiger partial charge in [-0.25, -0.2) is 9.97 Å². The Labute approximate surface area is 184 Å². The minimum Gasteiger partial charge on any atom is -0.478 e. The molecule has 3 aromatic heterocycles. The standard InChI is InChI=1S/C23H24N6O3/c1-4-32-20-8-6-14-18(26-20)11-31-12-19(14)28(2)23(30)13-5-7-17-15(9-13)21-16(22(24)27-17)10-25-29(21)3/h5-10,19H,4,11-12H2,1-3H3,(H2,24,27)/t19-/m1/s1. The lowest BCUT2D eigenvalue weighted by molar-refractivity contribution is 0.0327. The first-order valence-corrected chi connectivity index (χ1v) is 10.5. The van der Waals surface area contributed by atoms with Gasteiger partial charge in [0.25, 0.3) is 5.91 Å². The second kappa shape index (κ2) is 7.76. The molecule has 0 saturated carbocycles. The molecule has 1 atom stereocenters. The summed E-state index contributed by atoms with van der Waals surface area (Å²) < 4.78 is 13.0. The van der Waals surface area contributed by atoms with Crippen molar-refractivity contribution in [3.63, 3.8) is 0 Å². The molecule has 0 fully saturated rings. The SMILES string of the molecule is CCOc1ccc2c(n1)COC[C@H]2N(C)C(=O)c1ccc2nc(N)c3cnn(C)c3c2c1. The van der Waals surface area contributed by atoms with E-state index in [9.17, 15) is 4.79 Å². The summed E-state index contributed by atoms with van der Waals surface area (Å²) in [6, 6.07) is 9.01. The Bertz CT molecular complexity index is 1350. The predicted molar refractivity (Wildman–Crippen MR) is 120 cm³/mol. The Kier molecular flexibility index (Phi) is 4.90. The number of hydrogen-bond acceptors (Lipinski definition) is 7. The number of ether oxygens (including phenoxy) is 2. The lowest BCUT2D eigenvalue weighted by atomic mass is 10.0. The number of aryl methyl sites for hydroxylation is 1. The summed E-state index contributed by atoms with van der Waals surface area (Å²) in [7, 11) is 3.63. The molecule has 9 nitrogen and oxygen atoms in total. The number of pyridine rings is 2. The van der Waals surface area contributed by atoms with Crippen LogP contribution in [0.1, 0.15) is 34.6 Å². The number of rotatable bonds is 4. The lowest BCUT2D eigenvalue weighted by Crippen LogP contribution is -2.36. The zero-order chi connectivity index (χ0) is 22.4. The van der Waals surface area contributed by atoms with Gasteiger partial charge in [-0.2, -0.15) is 5.10 Å². The third kappa shape index (κ3) is 3.21. The Morgan fingerprint density at radius 2 is 2.12 bits per heavy atom. The molecule has 0 unspecified atom stereocenters. The normalized spacial score (nSPS) is 15.7. The highest BCUT2D eigenvalue weighted by atomic mass is 16.5. The van der Waals surface area contributed by atoms with Crippen molar-refractivity contribution in [3.8, 4) is 5.88 Å². The molecule has 9 heteroatoms. The fraction of sp³-hybridized carbons (Fsp3) is 0.304. The van der Waals surface area contributed by atoms with Crippen LogP contribution in [0.25, 0.3) is 21.8 Å². The van der Waals surface area contributed by atoms with E-state index in [1.54, 1.807) is 28.9 Å². The highest BCUT2D eigenvalue weighted by molar-refractivity contribution is 6.10. The van der Waals surface area contributed by atoms with Gasteiger partial charge < -0.3 is 20.1 Å². The van der Waals surface area contributed by atoms with Crippen LogP contribution in [0.2, 0.25) is 0 Å². The molecule has 32 heavy (non-hydrogen) atoms. The minimum atomic E-state index is -0.244. The number of nitrogens with two attached hydrogens (primary N) is 1. The monoisotopic (exact) mass is 432 g/mol. The van der Waals surface area contributed by atoms with Gasteiger partial charge in [0.1, 0.15) is 5.82 Å². The van der Waals surface area contributed by atoms with Crippen molar-refractivity contribution in [2.75, 3.05) is 26.0 Å². The van der Waals surface area contributed by atoms with Gasteiger partial charge in [0, 0.05) is 36.7 Å². The van der Waals surface area contributed by atoms with Gasteiger partial charge in [-0.3, -0.25) is 9.48 Å². The molecule has 0 spiro atoms. The molecule has 1 aliphatic rings. The fourth-order valence-corrected chi connectivity index (χ4v) is 4.25. The maximum atomic E-state index is 13.5. The molecule has 1 aromatic carbocycles. The molecule has 5 rings (SSSR count). The first kappa shape index (κ1) is 20.2. The molecule has 1 aliphatic heterocycles. The molecule has 0 saturated heterocycles. The fourth-order valence-electron chi connectivity index (χ4n) is 4.25. The van der Waals surface area contributed by atoms with E-state index in [0.29, 0.717) is 37.1 Å². The van der Waals surface area contributed by atoms with E-state index in [0.717, 1.165) is 33.1 Å². The molecule has 0 bridgehead atoms. The van der Waals surface area contributed by atoms with E-state index in [1.165, 1.54) is 0 Å². The van der Waals surface area contributed by atoms with Crippen molar-refractivity contribution in [2.24, 2.45) is 7.05 Å². The molecular formula is C23H24N6O3. The van der Waals surface area contributed by atoms with E-state index in [-0.39, 0.29) is 11.9 Å². The number of anilines is 1. The highest BCUT2D eigenvalue weighted by Gasteiger charge is 2.29. The molecular weight excluding hydrogens is 408 g/mol. The van der Waals surface area contributed by atoms with Gasteiger partial charge >= 0.3 is 0 Å². The van der Waals surface area contributed by atoms with Crippen molar-refractivity contribution >= 4 is 33.5 Å². The Hall–Kier alpha value is -3.72. The number of amides is 1. The minimum absolute atomic E-state index is 0.116. The quantitative estimate of drug-likeness (QED) is 0.528. The van der Waals surface area contributed by atoms with Crippen LogP contribution >= 0.6 is 0 Å². The summed E-state index contributed by atoms with van der Waals surface area (Å²) in [4.78, 5) is 24.2. The summed E-state index contributed by atoms with van der Waals surface area (Å²) in [5.74, 6) is 0.868. The van der Waals surface area contributed by atoms with Gasteiger partial charge in [0.05, 0.1) is 54.2 Å². The van der Waals surface area contributed by atoms with Crippen molar-refractivity contribution in [1.29, 1.82) is 0 Å².